The summed E-state index contributed by atoms with van der Waals surface area (Å²) in [5, 5.41) is 11.4. The number of benzene rings is 1. The van der Waals surface area contributed by atoms with Gasteiger partial charge in [0, 0.05) is 24.2 Å². The van der Waals surface area contributed by atoms with E-state index in [9.17, 15) is 4.79 Å². The number of anilines is 1. The van der Waals surface area contributed by atoms with Crippen LogP contribution >= 0.6 is 0 Å². The molecule has 3 rings (SSSR count). The molecule has 28 heavy (non-hydrogen) atoms. The Bertz CT molecular complexity index is 1050. The van der Waals surface area contributed by atoms with E-state index in [1.165, 1.54) is 6.20 Å². The Morgan fingerprint density at radius 3 is 2.82 bits per heavy atom. The molecule has 0 atom stereocenters. The lowest BCUT2D eigenvalue weighted by molar-refractivity contribution is 0.0919. The number of hydrogen-bond acceptors (Lipinski definition) is 7. The minimum Gasteiger partial charge on any atom is -0.493 e. The van der Waals surface area contributed by atoms with Crippen LogP contribution in [0.1, 0.15) is 37.2 Å². The fourth-order valence-corrected chi connectivity index (χ4v) is 2.69. The van der Waals surface area contributed by atoms with Crippen LogP contribution in [0.2, 0.25) is 0 Å². The maximum atomic E-state index is 12.8. The van der Waals surface area contributed by atoms with Gasteiger partial charge in [-0.3, -0.25) is 15.2 Å². The van der Waals surface area contributed by atoms with Crippen molar-refractivity contribution in [2.75, 3.05) is 18.7 Å². The van der Waals surface area contributed by atoms with E-state index in [2.05, 4.69) is 15.4 Å². The van der Waals surface area contributed by atoms with E-state index >= 15 is 0 Å². The van der Waals surface area contributed by atoms with Crippen LogP contribution in [0.25, 0.3) is 11.0 Å². The van der Waals surface area contributed by atoms with E-state index in [4.69, 9.17) is 14.4 Å². The summed E-state index contributed by atoms with van der Waals surface area (Å²) in [6.45, 7) is 6.56. The largest absolute Gasteiger partial charge is 0.493 e. The van der Waals surface area contributed by atoms with Crippen molar-refractivity contribution >= 4 is 22.7 Å². The third kappa shape index (κ3) is 4.20. The first-order chi connectivity index (χ1) is 13.3. The van der Waals surface area contributed by atoms with Crippen LogP contribution in [0.3, 0.4) is 0 Å². The second-order valence-electron chi connectivity index (χ2n) is 7.43. The van der Waals surface area contributed by atoms with Gasteiger partial charge in [-0.1, -0.05) is 32.9 Å². The van der Waals surface area contributed by atoms with Crippen LogP contribution in [0.4, 0.5) is 5.82 Å². The molecule has 0 saturated heterocycles. The summed E-state index contributed by atoms with van der Waals surface area (Å²) in [6, 6.07) is 10.6. The fraction of sp³-hybridized carbons (Fsp3) is 0.300. The van der Waals surface area contributed by atoms with Gasteiger partial charge in [-0.15, -0.1) is 0 Å². The van der Waals surface area contributed by atoms with Crippen LogP contribution in [0.5, 0.6) is 5.75 Å². The molecule has 1 aromatic carbocycles. The molecular formula is C20H21N5O3. The van der Waals surface area contributed by atoms with Gasteiger partial charge in [0.2, 0.25) is 5.82 Å². The lowest BCUT2D eigenvalue weighted by Crippen LogP contribution is -2.47. The van der Waals surface area contributed by atoms with Crippen molar-refractivity contribution < 1.29 is 13.9 Å². The number of amides is 1. The molecule has 3 aromatic rings. The van der Waals surface area contributed by atoms with Gasteiger partial charge >= 0.3 is 5.91 Å². The molecule has 0 spiro atoms. The first-order valence-corrected chi connectivity index (χ1v) is 8.69. The molecule has 0 saturated carbocycles. The number of carbonyl (C=O) groups is 1. The molecule has 144 valence electrons. The number of hydrogen-bond donors (Lipinski definition) is 1. The number of fused-ring (bicyclic) bond motifs is 1. The van der Waals surface area contributed by atoms with Crippen molar-refractivity contribution in [2.45, 2.75) is 20.8 Å². The third-order valence-electron chi connectivity index (χ3n) is 3.84. The van der Waals surface area contributed by atoms with Crippen LogP contribution in [-0.4, -0.2) is 29.5 Å². The summed E-state index contributed by atoms with van der Waals surface area (Å²) in [6.07, 6.45) is 1.48. The van der Waals surface area contributed by atoms with Crippen molar-refractivity contribution in [3.8, 4) is 11.8 Å². The number of ether oxygens (including phenoxy) is 1. The van der Waals surface area contributed by atoms with Crippen molar-refractivity contribution in [3.63, 3.8) is 0 Å². The lowest BCUT2D eigenvalue weighted by Gasteiger charge is -2.30. The molecule has 2 heterocycles. The number of furan rings is 1. The normalized spacial score (nSPS) is 11.1. The van der Waals surface area contributed by atoms with Gasteiger partial charge in [-0.05, 0) is 17.5 Å². The number of rotatable bonds is 5. The predicted molar refractivity (Wildman–Crippen MR) is 104 cm³/mol. The van der Waals surface area contributed by atoms with Crippen LogP contribution in [0.15, 0.2) is 40.9 Å². The summed E-state index contributed by atoms with van der Waals surface area (Å²) < 4.78 is 11.0. The molecule has 8 heteroatoms. The Morgan fingerprint density at radius 2 is 2.14 bits per heavy atom. The Kier molecular flexibility index (Phi) is 5.18. The maximum absolute atomic E-state index is 12.8. The number of nitriles is 1. The zero-order valence-electron chi connectivity index (χ0n) is 16.2. The zero-order chi connectivity index (χ0) is 20.3. The molecule has 0 unspecified atom stereocenters. The van der Waals surface area contributed by atoms with Crippen LogP contribution in [-0.2, 0) is 0 Å². The molecule has 1 amide bonds. The quantitative estimate of drug-likeness (QED) is 0.678. The molecule has 0 fully saturated rings. The molecule has 0 aliphatic rings. The minimum absolute atomic E-state index is 0.0270. The zero-order valence-corrected chi connectivity index (χ0v) is 16.2. The number of para-hydroxylation sites is 1. The molecule has 0 bridgehead atoms. The summed E-state index contributed by atoms with van der Waals surface area (Å²) in [5.41, 5.74) is 3.17. The average Bonchev–Trinajstić information content (AvgIpc) is 3.11. The highest BCUT2D eigenvalue weighted by atomic mass is 16.5. The van der Waals surface area contributed by atoms with E-state index in [0.29, 0.717) is 23.7 Å². The van der Waals surface area contributed by atoms with Gasteiger partial charge in [0.15, 0.2) is 22.9 Å². The average molecular weight is 379 g/mol. The molecule has 2 aromatic heterocycles. The predicted octanol–water partition coefficient (Wildman–Crippen LogP) is 3.30. The number of nitrogens with zero attached hydrogens (tertiary/aromatic N) is 4. The monoisotopic (exact) mass is 379 g/mol. The topological polar surface area (TPSA) is 104 Å². The highest BCUT2D eigenvalue weighted by molar-refractivity contribution is 5.97. The Hall–Kier alpha value is -3.60. The highest BCUT2D eigenvalue weighted by Gasteiger charge is 2.23. The summed E-state index contributed by atoms with van der Waals surface area (Å²) in [7, 11) is 1.55. The van der Waals surface area contributed by atoms with Crippen LogP contribution in [0, 0.1) is 16.7 Å². The molecule has 1 N–H and O–H groups in total. The smallest absolute Gasteiger partial charge is 0.305 e. The maximum Gasteiger partial charge on any atom is 0.305 e. The van der Waals surface area contributed by atoms with Crippen molar-refractivity contribution in [1.29, 1.82) is 5.26 Å². The van der Waals surface area contributed by atoms with Crippen molar-refractivity contribution in [2.24, 2.45) is 5.41 Å². The van der Waals surface area contributed by atoms with E-state index in [1.807, 2.05) is 39.0 Å². The highest BCUT2D eigenvalue weighted by Crippen LogP contribution is 2.28. The van der Waals surface area contributed by atoms with Gasteiger partial charge in [-0.25, -0.2) is 4.98 Å². The van der Waals surface area contributed by atoms with Crippen molar-refractivity contribution in [3.05, 3.63) is 48.1 Å². The molecule has 8 nitrogen and oxygen atoms in total. The summed E-state index contributed by atoms with van der Waals surface area (Å²) in [5.74, 6) is 0.716. The molecule has 0 aliphatic heterocycles. The second kappa shape index (κ2) is 7.56. The Balaban J connectivity index is 1.92. The van der Waals surface area contributed by atoms with Crippen LogP contribution < -0.4 is 15.2 Å². The van der Waals surface area contributed by atoms with E-state index in [0.717, 1.165) is 5.39 Å². The van der Waals surface area contributed by atoms with Gasteiger partial charge in [0.25, 0.3) is 0 Å². The van der Waals surface area contributed by atoms with E-state index in [-0.39, 0.29) is 17.0 Å². The fourth-order valence-electron chi connectivity index (χ4n) is 2.69. The first kappa shape index (κ1) is 19.2. The lowest BCUT2D eigenvalue weighted by atomic mass is 9.97. The molecule has 0 radical (unpaired) electrons. The number of aromatic nitrogens is 2. The standard InChI is InChI=1S/C20H21N5O3/c1-20(2,3)12-25(17-8-9-22-16(11-21)23-17)24-19(26)15-10-13-6-5-7-14(27-4)18(13)28-15/h5-10H,12H2,1-4H3,(H,24,26). The Morgan fingerprint density at radius 1 is 1.36 bits per heavy atom. The molecule has 0 aliphatic carbocycles. The van der Waals surface area contributed by atoms with Gasteiger partial charge < -0.3 is 9.15 Å². The van der Waals surface area contributed by atoms with Gasteiger partial charge in [0.05, 0.1) is 7.11 Å². The minimum atomic E-state index is -0.431. The third-order valence-corrected chi connectivity index (χ3v) is 3.84. The van der Waals surface area contributed by atoms with Gasteiger partial charge in [0.1, 0.15) is 6.07 Å². The van der Waals surface area contributed by atoms with Crippen molar-refractivity contribution in [1.82, 2.24) is 15.4 Å². The Labute approximate surface area is 162 Å². The number of carbonyl (C=O) groups excluding carboxylic acids is 1. The first-order valence-electron chi connectivity index (χ1n) is 8.69. The SMILES string of the molecule is COc1cccc2cc(C(=O)NN(CC(C)(C)C)c3ccnc(C#N)n3)oc12. The summed E-state index contributed by atoms with van der Waals surface area (Å²) in [4.78, 5) is 20.9. The van der Waals surface area contributed by atoms with E-state index < -0.39 is 5.91 Å². The summed E-state index contributed by atoms with van der Waals surface area (Å²) >= 11 is 0. The number of nitrogens with one attached hydrogen (secondary N) is 1. The van der Waals surface area contributed by atoms with E-state index in [1.54, 1.807) is 30.3 Å². The molecular weight excluding hydrogens is 358 g/mol. The van der Waals surface area contributed by atoms with Gasteiger partial charge in [-0.2, -0.15) is 10.2 Å². The second-order valence-corrected chi connectivity index (χ2v) is 7.43. The number of methoxy groups -OCH3 is 1. The number of hydrazine groups is 1.